The molecule has 23 heavy (non-hydrogen) atoms. The number of rotatable bonds is 9. The number of hydrogen-bond donors (Lipinski definition) is 1. The van der Waals surface area contributed by atoms with Gasteiger partial charge < -0.3 is 0 Å². The van der Waals surface area contributed by atoms with Gasteiger partial charge in [0.2, 0.25) is 0 Å². The monoisotopic (exact) mass is 319 g/mol. The Hall–Kier alpha value is -2.24. The summed E-state index contributed by atoms with van der Waals surface area (Å²) in [6.07, 6.45) is 4.81. The molecule has 1 aromatic rings. The molecule has 0 aliphatic rings. The van der Waals surface area contributed by atoms with Crippen molar-refractivity contribution in [2.45, 2.75) is 52.9 Å². The van der Waals surface area contributed by atoms with Gasteiger partial charge in [0.25, 0.3) is 11.6 Å². The second-order valence-electron chi connectivity index (χ2n) is 5.74. The molecule has 0 bridgehead atoms. The maximum absolute atomic E-state index is 12.2. The number of nitro benzene ring substituents is 1. The summed E-state index contributed by atoms with van der Waals surface area (Å²) in [6.45, 7) is 6.37. The molecule has 0 aromatic heterocycles. The molecule has 1 N–H and O–H groups in total. The predicted molar refractivity (Wildman–Crippen MR) is 91.6 cm³/mol. The van der Waals surface area contributed by atoms with Gasteiger partial charge in [-0.15, -0.1) is 0 Å². The van der Waals surface area contributed by atoms with Crippen LogP contribution in [0.3, 0.4) is 0 Å². The number of benzene rings is 1. The lowest BCUT2D eigenvalue weighted by Crippen LogP contribution is -2.21. The zero-order valence-corrected chi connectivity index (χ0v) is 14.0. The van der Waals surface area contributed by atoms with Crippen LogP contribution in [0.4, 0.5) is 5.69 Å². The van der Waals surface area contributed by atoms with E-state index in [0.717, 1.165) is 37.8 Å². The van der Waals surface area contributed by atoms with Crippen molar-refractivity contribution in [2.75, 3.05) is 0 Å². The highest BCUT2D eigenvalue weighted by atomic mass is 16.6. The second-order valence-corrected chi connectivity index (χ2v) is 5.74. The standard InChI is InChI=1S/C17H25N3O3/c1-4-8-13(3)12-14(9-5-2)18-19-17(21)15-10-6-7-11-16(15)20(22)23/h6-7,10-11,13H,4-5,8-9,12H2,1-3H3,(H,19,21)/b18-14-/t13-/m0/s1. The van der Waals surface area contributed by atoms with Crippen molar-refractivity contribution in [1.82, 2.24) is 5.43 Å². The Morgan fingerprint density at radius 1 is 1.30 bits per heavy atom. The average Bonchev–Trinajstić information content (AvgIpc) is 2.52. The number of nitrogens with zero attached hydrogens (tertiary/aromatic N) is 2. The van der Waals surface area contributed by atoms with E-state index in [4.69, 9.17) is 0 Å². The van der Waals surface area contributed by atoms with Gasteiger partial charge in [-0.3, -0.25) is 14.9 Å². The van der Waals surface area contributed by atoms with E-state index >= 15 is 0 Å². The Bertz CT molecular complexity index is 570. The third-order valence-corrected chi connectivity index (χ3v) is 3.57. The van der Waals surface area contributed by atoms with Gasteiger partial charge in [-0.1, -0.05) is 52.2 Å². The molecule has 0 spiro atoms. The van der Waals surface area contributed by atoms with Crippen molar-refractivity contribution >= 4 is 17.3 Å². The van der Waals surface area contributed by atoms with E-state index < -0.39 is 10.8 Å². The average molecular weight is 319 g/mol. The molecule has 0 radical (unpaired) electrons. The number of hydrazone groups is 1. The normalized spacial score (nSPS) is 12.7. The molecule has 0 saturated heterocycles. The number of nitrogens with one attached hydrogen (secondary N) is 1. The Morgan fingerprint density at radius 3 is 2.61 bits per heavy atom. The highest BCUT2D eigenvalue weighted by Gasteiger charge is 2.19. The summed E-state index contributed by atoms with van der Waals surface area (Å²) < 4.78 is 0. The molecule has 1 atom stereocenters. The molecule has 0 fully saturated rings. The largest absolute Gasteiger partial charge is 0.282 e. The smallest absolute Gasteiger partial charge is 0.267 e. The summed E-state index contributed by atoms with van der Waals surface area (Å²) >= 11 is 0. The minimum absolute atomic E-state index is 0.0266. The van der Waals surface area contributed by atoms with Crippen LogP contribution in [0.1, 0.15) is 63.2 Å². The summed E-state index contributed by atoms with van der Waals surface area (Å²) in [5, 5.41) is 15.2. The van der Waals surface area contributed by atoms with Gasteiger partial charge in [0, 0.05) is 11.8 Å². The number of carbonyl (C=O) groups is 1. The zero-order valence-electron chi connectivity index (χ0n) is 14.0. The van der Waals surface area contributed by atoms with Crippen molar-refractivity contribution < 1.29 is 9.72 Å². The Kier molecular flexibility index (Phi) is 7.94. The highest BCUT2D eigenvalue weighted by molar-refractivity contribution is 5.98. The van der Waals surface area contributed by atoms with E-state index in [9.17, 15) is 14.9 Å². The third-order valence-electron chi connectivity index (χ3n) is 3.57. The van der Waals surface area contributed by atoms with E-state index in [1.807, 2.05) is 0 Å². The van der Waals surface area contributed by atoms with Crippen LogP contribution in [0.15, 0.2) is 29.4 Å². The first-order valence-electron chi connectivity index (χ1n) is 8.08. The Labute approximate surface area is 137 Å². The van der Waals surface area contributed by atoms with Gasteiger partial charge in [-0.05, 0) is 24.8 Å². The van der Waals surface area contributed by atoms with Gasteiger partial charge in [-0.25, -0.2) is 5.43 Å². The van der Waals surface area contributed by atoms with Crippen LogP contribution in [0.5, 0.6) is 0 Å². The predicted octanol–water partition coefficient (Wildman–Crippen LogP) is 4.31. The van der Waals surface area contributed by atoms with Gasteiger partial charge in [0.15, 0.2) is 0 Å². The number of para-hydroxylation sites is 1. The van der Waals surface area contributed by atoms with Crippen molar-refractivity contribution in [3.8, 4) is 0 Å². The van der Waals surface area contributed by atoms with Crippen molar-refractivity contribution in [3.05, 3.63) is 39.9 Å². The molecule has 0 aliphatic carbocycles. The summed E-state index contributed by atoms with van der Waals surface area (Å²) in [5.41, 5.74) is 3.22. The third kappa shape index (κ3) is 6.18. The molecule has 1 rings (SSSR count). The SMILES string of the molecule is CCC/C(C[C@@H](C)CCC)=N/NC(=O)c1ccccc1[N+](=O)[O-]. The first kappa shape index (κ1) is 18.8. The van der Waals surface area contributed by atoms with Crippen LogP contribution < -0.4 is 5.43 Å². The van der Waals surface area contributed by atoms with Gasteiger partial charge >= 0.3 is 0 Å². The lowest BCUT2D eigenvalue weighted by Gasteiger charge is -2.12. The lowest BCUT2D eigenvalue weighted by molar-refractivity contribution is -0.385. The zero-order chi connectivity index (χ0) is 17.2. The van der Waals surface area contributed by atoms with E-state index in [-0.39, 0.29) is 11.3 Å². The van der Waals surface area contributed by atoms with E-state index in [1.165, 1.54) is 18.2 Å². The Balaban J connectivity index is 2.83. The molecule has 0 heterocycles. The minimum atomic E-state index is -0.561. The number of hydrogen-bond acceptors (Lipinski definition) is 4. The van der Waals surface area contributed by atoms with Gasteiger partial charge in [-0.2, -0.15) is 5.10 Å². The summed E-state index contributed by atoms with van der Waals surface area (Å²) in [6, 6.07) is 5.88. The summed E-state index contributed by atoms with van der Waals surface area (Å²) in [7, 11) is 0. The van der Waals surface area contributed by atoms with E-state index in [0.29, 0.717) is 5.92 Å². The lowest BCUT2D eigenvalue weighted by atomic mass is 9.97. The van der Waals surface area contributed by atoms with Crippen molar-refractivity contribution in [2.24, 2.45) is 11.0 Å². The van der Waals surface area contributed by atoms with Crippen LogP contribution in [-0.2, 0) is 0 Å². The quantitative estimate of drug-likeness (QED) is 0.418. The van der Waals surface area contributed by atoms with Gasteiger partial charge in [0.1, 0.15) is 5.56 Å². The fourth-order valence-electron chi connectivity index (χ4n) is 2.50. The topological polar surface area (TPSA) is 84.6 Å². The van der Waals surface area contributed by atoms with Crippen LogP contribution in [-0.4, -0.2) is 16.5 Å². The molecular weight excluding hydrogens is 294 g/mol. The van der Waals surface area contributed by atoms with E-state index in [1.54, 1.807) is 6.07 Å². The van der Waals surface area contributed by atoms with Crippen molar-refractivity contribution in [1.29, 1.82) is 0 Å². The minimum Gasteiger partial charge on any atom is -0.267 e. The molecular formula is C17H25N3O3. The van der Waals surface area contributed by atoms with E-state index in [2.05, 4.69) is 31.3 Å². The van der Waals surface area contributed by atoms with Crippen LogP contribution in [0.25, 0.3) is 0 Å². The number of carbonyl (C=O) groups excluding carboxylic acids is 1. The van der Waals surface area contributed by atoms with Crippen LogP contribution >= 0.6 is 0 Å². The molecule has 6 nitrogen and oxygen atoms in total. The fourth-order valence-corrected chi connectivity index (χ4v) is 2.50. The maximum Gasteiger partial charge on any atom is 0.282 e. The van der Waals surface area contributed by atoms with Gasteiger partial charge in [0.05, 0.1) is 4.92 Å². The number of amides is 1. The summed E-state index contributed by atoms with van der Waals surface area (Å²) in [5.74, 6) is -0.0395. The highest BCUT2D eigenvalue weighted by Crippen LogP contribution is 2.17. The van der Waals surface area contributed by atoms with Crippen molar-refractivity contribution in [3.63, 3.8) is 0 Å². The fraction of sp³-hybridized carbons (Fsp3) is 0.529. The molecule has 0 unspecified atom stereocenters. The molecule has 6 heteroatoms. The second kappa shape index (κ2) is 9.71. The maximum atomic E-state index is 12.2. The molecule has 1 amide bonds. The first-order valence-corrected chi connectivity index (χ1v) is 8.08. The Morgan fingerprint density at radius 2 is 2.00 bits per heavy atom. The first-order chi connectivity index (χ1) is 11.0. The van der Waals surface area contributed by atoms with Crippen LogP contribution in [0, 0.1) is 16.0 Å². The summed E-state index contributed by atoms with van der Waals surface area (Å²) in [4.78, 5) is 22.6. The number of nitro groups is 1. The van der Waals surface area contributed by atoms with Crippen LogP contribution in [0.2, 0.25) is 0 Å². The molecule has 1 aromatic carbocycles. The molecule has 126 valence electrons. The molecule has 0 aliphatic heterocycles. The molecule has 0 saturated carbocycles.